The van der Waals surface area contributed by atoms with Crippen molar-refractivity contribution in [3.05, 3.63) is 90.0 Å². The Morgan fingerprint density at radius 1 is 0.900 bits per heavy atom. The molecule has 1 N–H and O–H groups in total. The number of carbonyl (C=O) groups is 1. The molecule has 0 aliphatic rings. The first-order valence-corrected chi connectivity index (χ1v) is 11.0. The van der Waals surface area contributed by atoms with E-state index >= 15 is 0 Å². The average Bonchev–Trinajstić information content (AvgIpc) is 2.77. The predicted octanol–water partition coefficient (Wildman–Crippen LogP) is 5.36. The highest BCUT2D eigenvalue weighted by atomic mass is 32.2. The van der Waals surface area contributed by atoms with Gasteiger partial charge < -0.3 is 14.8 Å². The first-order valence-electron chi connectivity index (χ1n) is 10.0. The molecule has 0 bridgehead atoms. The Labute approximate surface area is 182 Å². The zero-order valence-corrected chi connectivity index (χ0v) is 18.2. The summed E-state index contributed by atoms with van der Waals surface area (Å²) in [5.74, 6) is 2.30. The molecule has 3 rings (SSSR count). The Kier molecular flexibility index (Phi) is 8.21. The number of amides is 1. The summed E-state index contributed by atoms with van der Waals surface area (Å²) < 4.78 is 11.5. The highest BCUT2D eigenvalue weighted by Gasteiger charge is 2.10. The molecular weight excluding hydrogens is 394 g/mol. The molecule has 0 aliphatic carbocycles. The van der Waals surface area contributed by atoms with E-state index < -0.39 is 0 Å². The second-order valence-electron chi connectivity index (χ2n) is 7.03. The van der Waals surface area contributed by atoms with Crippen LogP contribution in [0.5, 0.6) is 11.5 Å². The molecule has 1 amide bonds. The van der Waals surface area contributed by atoms with Gasteiger partial charge in [-0.1, -0.05) is 35.9 Å². The Morgan fingerprint density at radius 2 is 1.53 bits per heavy atom. The molecule has 0 saturated carbocycles. The van der Waals surface area contributed by atoms with E-state index in [2.05, 4.69) is 17.4 Å². The van der Waals surface area contributed by atoms with E-state index in [1.54, 1.807) is 23.9 Å². The van der Waals surface area contributed by atoms with Crippen molar-refractivity contribution in [3.8, 4) is 11.5 Å². The van der Waals surface area contributed by atoms with Crippen LogP contribution in [0.4, 0.5) is 0 Å². The van der Waals surface area contributed by atoms with E-state index in [1.165, 1.54) is 10.5 Å². The third kappa shape index (κ3) is 7.16. The minimum atomic E-state index is -0.124. The monoisotopic (exact) mass is 421 g/mol. The molecule has 4 nitrogen and oxygen atoms in total. The Bertz CT molecular complexity index is 911. The molecular formula is C25H27NO3S. The highest BCUT2D eigenvalue weighted by Crippen LogP contribution is 2.18. The number of thioether (sulfide) groups is 1. The van der Waals surface area contributed by atoms with Gasteiger partial charge in [0.1, 0.15) is 18.1 Å². The van der Waals surface area contributed by atoms with Crippen molar-refractivity contribution >= 4 is 17.7 Å². The molecule has 0 aromatic heterocycles. The SMILES string of the molecule is Cc1ccc(OC[C@H](C)NC(=O)c2ccc(OCCSc3ccccc3)cc2)cc1. The smallest absolute Gasteiger partial charge is 0.251 e. The molecule has 3 aromatic carbocycles. The lowest BCUT2D eigenvalue weighted by Gasteiger charge is -2.15. The maximum Gasteiger partial charge on any atom is 0.251 e. The fraction of sp³-hybridized carbons (Fsp3) is 0.240. The molecule has 5 heteroatoms. The first-order chi connectivity index (χ1) is 14.6. The second-order valence-corrected chi connectivity index (χ2v) is 8.20. The number of ether oxygens (including phenoxy) is 2. The van der Waals surface area contributed by atoms with Crippen LogP contribution < -0.4 is 14.8 Å². The quantitative estimate of drug-likeness (QED) is 0.353. The molecule has 0 saturated heterocycles. The van der Waals surface area contributed by atoms with Crippen LogP contribution in [0.3, 0.4) is 0 Å². The van der Waals surface area contributed by atoms with Crippen LogP contribution in [-0.4, -0.2) is 30.9 Å². The summed E-state index contributed by atoms with van der Waals surface area (Å²) >= 11 is 1.76. The number of hydrogen-bond acceptors (Lipinski definition) is 4. The Balaban J connectivity index is 1.38. The fourth-order valence-electron chi connectivity index (χ4n) is 2.74. The molecule has 0 heterocycles. The van der Waals surface area contributed by atoms with E-state index in [0.29, 0.717) is 18.8 Å². The van der Waals surface area contributed by atoms with Crippen molar-refractivity contribution in [2.75, 3.05) is 19.0 Å². The van der Waals surface area contributed by atoms with E-state index in [-0.39, 0.29) is 11.9 Å². The van der Waals surface area contributed by atoms with Crippen LogP contribution in [-0.2, 0) is 0 Å². The number of nitrogens with one attached hydrogen (secondary N) is 1. The lowest BCUT2D eigenvalue weighted by molar-refractivity contribution is 0.0926. The molecule has 1 atom stereocenters. The third-order valence-electron chi connectivity index (χ3n) is 4.38. The van der Waals surface area contributed by atoms with Crippen LogP contribution in [0, 0.1) is 6.92 Å². The van der Waals surface area contributed by atoms with Gasteiger partial charge in [-0.15, -0.1) is 11.8 Å². The number of hydrogen-bond donors (Lipinski definition) is 1. The van der Waals surface area contributed by atoms with Gasteiger partial charge in [-0.05, 0) is 62.4 Å². The molecule has 0 aliphatic heterocycles. The normalized spacial score (nSPS) is 11.5. The van der Waals surface area contributed by atoms with Crippen LogP contribution in [0.1, 0.15) is 22.8 Å². The van der Waals surface area contributed by atoms with Gasteiger partial charge >= 0.3 is 0 Å². The van der Waals surface area contributed by atoms with Gasteiger partial charge in [-0.2, -0.15) is 0 Å². The van der Waals surface area contributed by atoms with Crippen LogP contribution in [0.2, 0.25) is 0 Å². The Morgan fingerprint density at radius 3 is 2.23 bits per heavy atom. The van der Waals surface area contributed by atoms with Crippen molar-refractivity contribution in [1.29, 1.82) is 0 Å². The lowest BCUT2D eigenvalue weighted by Crippen LogP contribution is -2.36. The van der Waals surface area contributed by atoms with Gasteiger partial charge in [-0.25, -0.2) is 0 Å². The zero-order chi connectivity index (χ0) is 21.2. The maximum absolute atomic E-state index is 12.4. The topological polar surface area (TPSA) is 47.6 Å². The van der Waals surface area contributed by atoms with E-state index in [9.17, 15) is 4.79 Å². The summed E-state index contributed by atoms with van der Waals surface area (Å²) in [7, 11) is 0. The van der Waals surface area contributed by atoms with Crippen molar-refractivity contribution in [2.45, 2.75) is 24.8 Å². The van der Waals surface area contributed by atoms with Crippen LogP contribution >= 0.6 is 11.8 Å². The van der Waals surface area contributed by atoms with E-state index in [4.69, 9.17) is 9.47 Å². The predicted molar refractivity (Wildman–Crippen MR) is 123 cm³/mol. The minimum absolute atomic E-state index is 0.107. The highest BCUT2D eigenvalue weighted by molar-refractivity contribution is 7.99. The zero-order valence-electron chi connectivity index (χ0n) is 17.3. The van der Waals surface area contributed by atoms with Crippen molar-refractivity contribution in [3.63, 3.8) is 0 Å². The summed E-state index contributed by atoms with van der Waals surface area (Å²) in [6.45, 7) is 4.98. The van der Waals surface area contributed by atoms with Gasteiger partial charge in [0.25, 0.3) is 5.91 Å². The molecule has 156 valence electrons. The second kappa shape index (κ2) is 11.3. The van der Waals surface area contributed by atoms with Gasteiger partial charge in [-0.3, -0.25) is 4.79 Å². The molecule has 0 unspecified atom stereocenters. The van der Waals surface area contributed by atoms with Gasteiger partial charge in [0.2, 0.25) is 0 Å². The summed E-state index contributed by atoms with van der Waals surface area (Å²) in [6.07, 6.45) is 0. The molecule has 0 radical (unpaired) electrons. The lowest BCUT2D eigenvalue weighted by atomic mass is 10.2. The van der Waals surface area contributed by atoms with Crippen molar-refractivity contribution < 1.29 is 14.3 Å². The first kappa shape index (κ1) is 21.8. The number of aryl methyl sites for hydroxylation is 1. The maximum atomic E-state index is 12.4. The standard InChI is InChI=1S/C25H27NO3S/c1-19-8-12-23(13-9-19)29-18-20(2)26-25(27)21-10-14-22(15-11-21)28-16-17-30-24-6-4-3-5-7-24/h3-15,20H,16-18H2,1-2H3,(H,26,27)/t20-/m0/s1. The number of carbonyl (C=O) groups excluding carboxylic acids is 1. The van der Waals surface area contributed by atoms with Crippen LogP contribution in [0.25, 0.3) is 0 Å². The van der Waals surface area contributed by atoms with Crippen LogP contribution in [0.15, 0.2) is 83.8 Å². The van der Waals surface area contributed by atoms with Crippen molar-refractivity contribution in [2.24, 2.45) is 0 Å². The molecule has 3 aromatic rings. The van der Waals surface area contributed by atoms with E-state index in [1.807, 2.05) is 68.4 Å². The van der Waals surface area contributed by atoms with Gasteiger partial charge in [0.15, 0.2) is 0 Å². The van der Waals surface area contributed by atoms with Gasteiger partial charge in [0, 0.05) is 16.2 Å². The summed E-state index contributed by atoms with van der Waals surface area (Å²) in [6, 6.07) is 25.2. The molecule has 0 spiro atoms. The van der Waals surface area contributed by atoms with Gasteiger partial charge in [0.05, 0.1) is 12.6 Å². The fourth-order valence-corrected chi connectivity index (χ4v) is 3.49. The number of rotatable bonds is 10. The van der Waals surface area contributed by atoms with Crippen molar-refractivity contribution in [1.82, 2.24) is 5.32 Å². The average molecular weight is 422 g/mol. The summed E-state index contributed by atoms with van der Waals surface area (Å²) in [5.41, 5.74) is 1.79. The third-order valence-corrected chi connectivity index (χ3v) is 5.36. The molecule has 0 fully saturated rings. The minimum Gasteiger partial charge on any atom is -0.493 e. The molecule has 30 heavy (non-hydrogen) atoms. The number of benzene rings is 3. The largest absolute Gasteiger partial charge is 0.493 e. The summed E-state index contributed by atoms with van der Waals surface area (Å²) in [4.78, 5) is 13.7. The summed E-state index contributed by atoms with van der Waals surface area (Å²) in [5, 5.41) is 2.96. The Hall–Kier alpha value is -2.92. The van der Waals surface area contributed by atoms with E-state index in [0.717, 1.165) is 17.3 Å².